The molecule has 0 N–H and O–H groups in total. The summed E-state index contributed by atoms with van der Waals surface area (Å²) in [5, 5.41) is 3.44. The zero-order chi connectivity index (χ0) is 46.8. The predicted octanol–water partition coefficient (Wildman–Crippen LogP) is 15.0. The van der Waals surface area contributed by atoms with Gasteiger partial charge in [0.15, 0.2) is 11.2 Å². The zero-order valence-corrected chi connectivity index (χ0v) is 40.8. The van der Waals surface area contributed by atoms with Gasteiger partial charge in [0.25, 0.3) is 0 Å². The fourth-order valence-electron chi connectivity index (χ4n) is 8.68. The van der Waals surface area contributed by atoms with Gasteiger partial charge in [0.2, 0.25) is 0 Å². The number of para-hydroxylation sites is 3. The molecule has 0 unspecified atom stereocenters. The molecule has 0 bridgehead atoms. The molecule has 0 aliphatic rings. The van der Waals surface area contributed by atoms with Gasteiger partial charge in [-0.05, 0) is 87.5 Å². The summed E-state index contributed by atoms with van der Waals surface area (Å²) in [6, 6.07) is 53.5. The van der Waals surface area contributed by atoms with Crippen molar-refractivity contribution in [2.24, 2.45) is 0 Å². The number of hydrogen-bond acceptors (Lipinski definition) is 5. The number of hydrogen-bond donors (Lipinski definition) is 0. The van der Waals surface area contributed by atoms with Crippen molar-refractivity contribution in [1.29, 1.82) is 0 Å². The Kier molecular flexibility index (Phi) is 10.8. The van der Waals surface area contributed by atoms with Crippen LogP contribution in [0.25, 0.3) is 94.5 Å². The van der Waals surface area contributed by atoms with Gasteiger partial charge in [-0.25, -0.2) is 4.98 Å². The van der Waals surface area contributed by atoms with Crippen LogP contribution < -0.4 is 5.19 Å². The van der Waals surface area contributed by atoms with E-state index < -0.39 is 14.9 Å². The summed E-state index contributed by atoms with van der Waals surface area (Å²) in [5.41, 5.74) is 12.5. The van der Waals surface area contributed by atoms with Gasteiger partial charge in [-0.2, -0.15) is 0 Å². The molecule has 11 rings (SSSR count). The maximum atomic E-state index is 8.37. The molecule has 0 saturated heterocycles. The third kappa shape index (κ3) is 7.94. The molecule has 325 valence electrons. The van der Waals surface area contributed by atoms with Crippen molar-refractivity contribution in [2.75, 3.05) is 0 Å². The van der Waals surface area contributed by atoms with Crippen LogP contribution >= 0.6 is 0 Å². The number of furan rings is 2. The van der Waals surface area contributed by atoms with Gasteiger partial charge in [-0.1, -0.05) is 126 Å². The Balaban J connectivity index is 0.000000289. The van der Waals surface area contributed by atoms with E-state index in [2.05, 4.69) is 124 Å². The van der Waals surface area contributed by atoms with Gasteiger partial charge in [0.1, 0.15) is 5.58 Å². The van der Waals surface area contributed by atoms with Crippen LogP contribution in [0.2, 0.25) is 19.6 Å². The Labute approximate surface area is 399 Å². The van der Waals surface area contributed by atoms with Crippen LogP contribution in [0.1, 0.15) is 60.5 Å². The number of nitrogens with zero attached hydrogens (tertiary/aromatic N) is 4. The number of benzene rings is 6. The van der Waals surface area contributed by atoms with Crippen molar-refractivity contribution in [3.05, 3.63) is 175 Å². The zero-order valence-electron chi connectivity index (χ0n) is 40.4. The fraction of sp³-hybridized carbons (Fsp3) is 0.175. The molecule has 5 heterocycles. The molecule has 0 atom stereocenters. The first-order valence-corrected chi connectivity index (χ1v) is 25.4. The molecule has 65 heavy (non-hydrogen) atoms. The Bertz CT molecular complexity index is 3580. The van der Waals surface area contributed by atoms with Crippen molar-refractivity contribution in [3.63, 3.8) is 0 Å². The van der Waals surface area contributed by atoms with E-state index in [0.29, 0.717) is 44.4 Å². The molecule has 6 aromatic carbocycles. The normalized spacial score (nSPS) is 12.7. The van der Waals surface area contributed by atoms with Crippen LogP contribution in [0.4, 0.5) is 0 Å². The molecule has 0 saturated carbocycles. The van der Waals surface area contributed by atoms with E-state index in [4.69, 9.17) is 22.9 Å². The Morgan fingerprint density at radius 3 is 2.08 bits per heavy atom. The quantitative estimate of drug-likeness (QED) is 0.117. The molecule has 1 radical (unpaired) electrons. The summed E-state index contributed by atoms with van der Waals surface area (Å²) >= 11 is 0. The number of aromatic nitrogens is 4. The summed E-state index contributed by atoms with van der Waals surface area (Å²) in [4.78, 5) is 14.5. The molecule has 11 aromatic rings. The first-order valence-electron chi connectivity index (χ1n) is 23.4. The maximum Gasteiger partial charge on any atom is 0.160 e. The molecule has 0 aliphatic carbocycles. The summed E-state index contributed by atoms with van der Waals surface area (Å²) in [7, 11) is -1.23. The Morgan fingerprint density at radius 1 is 0.662 bits per heavy atom. The fourth-order valence-corrected chi connectivity index (χ4v) is 9.72. The van der Waals surface area contributed by atoms with Crippen LogP contribution in [0.15, 0.2) is 155 Å². The van der Waals surface area contributed by atoms with Crippen molar-refractivity contribution in [2.45, 2.75) is 66.0 Å². The number of imidazole rings is 1. The van der Waals surface area contributed by atoms with Crippen LogP contribution in [-0.2, 0) is 20.1 Å². The van der Waals surface area contributed by atoms with Gasteiger partial charge >= 0.3 is 0 Å². The third-order valence-corrected chi connectivity index (χ3v) is 14.1. The number of pyridine rings is 2. The minimum atomic E-state index is -2.51. The van der Waals surface area contributed by atoms with Gasteiger partial charge in [0.05, 0.1) is 47.1 Å². The van der Waals surface area contributed by atoms with Gasteiger partial charge in [-0.15, -0.1) is 54.1 Å². The Morgan fingerprint density at radius 2 is 1.38 bits per heavy atom. The third-order valence-electron chi connectivity index (χ3n) is 12.0. The topological polar surface area (TPSA) is 69.9 Å². The predicted molar refractivity (Wildman–Crippen MR) is 268 cm³/mol. The number of rotatable bonds is 7. The van der Waals surface area contributed by atoms with Crippen molar-refractivity contribution < 1.29 is 33.1 Å². The second-order valence-corrected chi connectivity index (χ2v) is 23.1. The first kappa shape index (κ1) is 40.1. The van der Waals surface area contributed by atoms with E-state index in [0.717, 1.165) is 33.4 Å². The molecular weight excluding hydrogens is 993 g/mol. The average molecular weight is 1050 g/mol. The molecule has 0 aliphatic heterocycles. The molecule has 0 spiro atoms. The summed E-state index contributed by atoms with van der Waals surface area (Å²) in [5.74, 6) is 1.08. The minimum Gasteiger partial charge on any atom is -0.498 e. The average Bonchev–Trinajstić information content (AvgIpc) is 4.03. The summed E-state index contributed by atoms with van der Waals surface area (Å²) in [6.45, 7) is 13.4. The number of aryl methyl sites for hydroxylation is 1. The molecule has 0 amide bonds. The van der Waals surface area contributed by atoms with E-state index >= 15 is 0 Å². The molecule has 5 aromatic heterocycles. The van der Waals surface area contributed by atoms with Crippen LogP contribution in [0.5, 0.6) is 0 Å². The van der Waals surface area contributed by atoms with Crippen molar-refractivity contribution >= 4 is 68.3 Å². The SMILES string of the molecule is C[Si](C)(C)c1ccc(-c2[c-]cccc2)nc1.[2H]C([2H])([2H])c1nc2c3cc[c-]c(-c4nc5ccccc5n4-c4c(C(C)C)cc(-c5ccccc5)cc4C(C)C)c3oc2c2c1oc1ccccc12.[Ir]. The van der Waals surface area contributed by atoms with Gasteiger partial charge in [0, 0.05) is 41.5 Å². The smallest absolute Gasteiger partial charge is 0.160 e. The van der Waals surface area contributed by atoms with E-state index in [1.807, 2.05) is 91.1 Å². The molecule has 0 fully saturated rings. The first-order chi connectivity index (χ1) is 32.2. The van der Waals surface area contributed by atoms with E-state index in [1.54, 1.807) is 0 Å². The molecule has 6 nitrogen and oxygen atoms in total. The summed E-state index contributed by atoms with van der Waals surface area (Å²) in [6.07, 6.45) is 2.02. The van der Waals surface area contributed by atoms with E-state index in [-0.39, 0.29) is 43.2 Å². The molecule has 8 heteroatoms. The van der Waals surface area contributed by atoms with Crippen LogP contribution in [-0.4, -0.2) is 27.6 Å². The maximum absolute atomic E-state index is 8.37. The second-order valence-electron chi connectivity index (χ2n) is 18.0. The van der Waals surface area contributed by atoms with E-state index in [9.17, 15) is 0 Å². The van der Waals surface area contributed by atoms with Gasteiger partial charge in [-0.3, -0.25) is 4.98 Å². The van der Waals surface area contributed by atoms with Crippen LogP contribution in [0, 0.1) is 19.0 Å². The van der Waals surface area contributed by atoms with Crippen LogP contribution in [0.3, 0.4) is 0 Å². The van der Waals surface area contributed by atoms with Crippen molar-refractivity contribution in [1.82, 2.24) is 19.5 Å². The monoisotopic (exact) mass is 1050 g/mol. The van der Waals surface area contributed by atoms with E-state index in [1.165, 1.54) is 27.4 Å². The summed E-state index contributed by atoms with van der Waals surface area (Å²) < 4.78 is 40.3. The molecular formula is C57H50IrN4O2Si-2. The largest absolute Gasteiger partial charge is 0.498 e. The van der Waals surface area contributed by atoms with Crippen molar-refractivity contribution in [3.8, 4) is 39.5 Å². The standard InChI is InChI=1S/C43H34N3O2.C14H16NSi.Ir/c1-24(2)32-22-28(27-14-7-6-8-15-27)23-33(25(3)4)39(32)46-35-20-11-10-19-34(35)45-43(46)31-18-13-17-30-38-42(48-41(30)31)37-29-16-9-12-21-36(29)47-40(37)26(5)44-38;1-16(2,3)13-9-10-14(15-11-13)12-7-5-4-6-8-12;/h6-17,19-25H,1-5H3;4-7,9-11H,1-3H3;/q2*-1;/i5D3;;. The number of fused-ring (bicyclic) bond motifs is 8. The van der Waals surface area contributed by atoms with Gasteiger partial charge < -0.3 is 18.4 Å². The Hall–Kier alpha value is -6.44. The second kappa shape index (κ2) is 17.5. The minimum absolute atomic E-state index is 0.